The number of rotatable bonds is 4. The van der Waals surface area contributed by atoms with Gasteiger partial charge in [0.25, 0.3) is 0 Å². The molecule has 0 aliphatic heterocycles. The fourth-order valence-electron chi connectivity index (χ4n) is 1.55. The number of halogens is 1. The Hall–Kier alpha value is -0.880. The van der Waals surface area contributed by atoms with Crippen molar-refractivity contribution < 1.29 is 8.42 Å². The van der Waals surface area contributed by atoms with Gasteiger partial charge in [-0.1, -0.05) is 29.8 Å². The molecular weight excluding hydrogens is 290 g/mol. The lowest BCUT2D eigenvalue weighted by atomic mass is 10.1. The van der Waals surface area contributed by atoms with Gasteiger partial charge in [-0.15, -0.1) is 11.3 Å². The molecule has 0 fully saturated rings. The van der Waals surface area contributed by atoms with Crippen LogP contribution in [0.2, 0.25) is 5.02 Å². The molecule has 3 nitrogen and oxygen atoms in total. The number of aryl methyl sites for hydroxylation is 1. The number of nitrogens with one attached hydrogen (secondary N) is 1. The summed E-state index contributed by atoms with van der Waals surface area (Å²) in [5, 5.41) is 2.30. The Labute approximate surface area is 115 Å². The second-order valence-electron chi connectivity index (χ2n) is 3.79. The lowest BCUT2D eigenvalue weighted by Gasteiger charge is -2.09. The van der Waals surface area contributed by atoms with Gasteiger partial charge >= 0.3 is 0 Å². The number of sulfonamides is 1. The van der Waals surface area contributed by atoms with Crippen LogP contribution in [0.5, 0.6) is 0 Å². The summed E-state index contributed by atoms with van der Waals surface area (Å²) >= 11 is 7.24. The Kier molecular flexibility index (Phi) is 4.07. The Morgan fingerprint density at radius 3 is 2.67 bits per heavy atom. The quantitative estimate of drug-likeness (QED) is 0.942. The second-order valence-corrected chi connectivity index (χ2v) is 7.14. The van der Waals surface area contributed by atoms with Crippen molar-refractivity contribution in [2.24, 2.45) is 0 Å². The highest BCUT2D eigenvalue weighted by Gasteiger charge is 2.15. The molecule has 2 aromatic rings. The van der Waals surface area contributed by atoms with Gasteiger partial charge in [0.05, 0.1) is 0 Å². The van der Waals surface area contributed by atoms with E-state index in [2.05, 4.69) is 4.72 Å². The van der Waals surface area contributed by atoms with E-state index in [0.29, 0.717) is 9.23 Å². The Balaban J connectivity index is 2.18. The maximum absolute atomic E-state index is 11.9. The molecule has 0 saturated carbocycles. The molecule has 0 atom stereocenters. The van der Waals surface area contributed by atoms with Crippen molar-refractivity contribution in [3.8, 4) is 0 Å². The van der Waals surface area contributed by atoms with Crippen LogP contribution in [0.1, 0.15) is 11.1 Å². The summed E-state index contributed by atoms with van der Waals surface area (Å²) in [6.45, 7) is 2.10. The first-order valence-electron chi connectivity index (χ1n) is 5.28. The Morgan fingerprint density at radius 2 is 2.06 bits per heavy atom. The van der Waals surface area contributed by atoms with Crippen LogP contribution >= 0.6 is 22.9 Å². The topological polar surface area (TPSA) is 46.2 Å². The SMILES string of the molecule is Cc1cccc(Cl)c1CNS(=O)(=O)c1cccs1. The van der Waals surface area contributed by atoms with Gasteiger partial charge in [-0.25, -0.2) is 13.1 Å². The van der Waals surface area contributed by atoms with Crippen LogP contribution in [-0.2, 0) is 16.6 Å². The van der Waals surface area contributed by atoms with E-state index in [1.54, 1.807) is 23.6 Å². The predicted molar refractivity (Wildman–Crippen MR) is 74.5 cm³/mol. The standard InChI is InChI=1S/C12H12ClNO2S2/c1-9-4-2-5-11(13)10(9)8-14-18(15,16)12-6-3-7-17-12/h2-7,14H,8H2,1H3. The molecule has 96 valence electrons. The van der Waals surface area contributed by atoms with Crippen LogP contribution in [0.15, 0.2) is 39.9 Å². The van der Waals surface area contributed by atoms with Crippen molar-refractivity contribution >= 4 is 33.0 Å². The van der Waals surface area contributed by atoms with Gasteiger partial charge in [0.1, 0.15) is 4.21 Å². The average Bonchev–Trinajstić information content (AvgIpc) is 2.82. The van der Waals surface area contributed by atoms with Crippen LogP contribution in [0.3, 0.4) is 0 Å². The van der Waals surface area contributed by atoms with Crippen molar-refractivity contribution in [1.29, 1.82) is 0 Å². The summed E-state index contributed by atoms with van der Waals surface area (Å²) < 4.78 is 26.8. The minimum absolute atomic E-state index is 0.200. The lowest BCUT2D eigenvalue weighted by Crippen LogP contribution is -2.23. The van der Waals surface area contributed by atoms with Gasteiger partial charge in [0, 0.05) is 11.6 Å². The van der Waals surface area contributed by atoms with E-state index in [1.807, 2.05) is 19.1 Å². The Bertz CT molecular complexity index is 616. The molecule has 6 heteroatoms. The molecule has 1 aromatic heterocycles. The van der Waals surface area contributed by atoms with Crippen LogP contribution in [0.4, 0.5) is 0 Å². The van der Waals surface area contributed by atoms with Crippen LogP contribution < -0.4 is 4.72 Å². The summed E-state index contributed by atoms with van der Waals surface area (Å²) in [6, 6.07) is 8.78. The van der Waals surface area contributed by atoms with E-state index >= 15 is 0 Å². The minimum Gasteiger partial charge on any atom is -0.206 e. The Morgan fingerprint density at radius 1 is 1.28 bits per heavy atom. The predicted octanol–water partition coefficient (Wildman–Crippen LogP) is 3.19. The van der Waals surface area contributed by atoms with Gasteiger partial charge in [0.15, 0.2) is 0 Å². The molecule has 0 radical (unpaired) electrons. The molecule has 1 aromatic carbocycles. The van der Waals surface area contributed by atoms with E-state index in [-0.39, 0.29) is 6.54 Å². The van der Waals surface area contributed by atoms with Crippen molar-refractivity contribution in [2.45, 2.75) is 17.7 Å². The van der Waals surface area contributed by atoms with E-state index in [1.165, 1.54) is 11.3 Å². The maximum Gasteiger partial charge on any atom is 0.250 e. The van der Waals surface area contributed by atoms with Crippen LogP contribution in [-0.4, -0.2) is 8.42 Å². The number of hydrogen-bond donors (Lipinski definition) is 1. The maximum atomic E-state index is 11.9. The number of hydrogen-bond acceptors (Lipinski definition) is 3. The summed E-state index contributed by atoms with van der Waals surface area (Å²) in [6.07, 6.45) is 0. The highest BCUT2D eigenvalue weighted by Crippen LogP contribution is 2.21. The summed E-state index contributed by atoms with van der Waals surface area (Å²) in [7, 11) is -3.44. The van der Waals surface area contributed by atoms with Crippen molar-refractivity contribution in [3.05, 3.63) is 51.9 Å². The molecule has 0 saturated heterocycles. The zero-order chi connectivity index (χ0) is 13.2. The van der Waals surface area contributed by atoms with Crippen molar-refractivity contribution in [3.63, 3.8) is 0 Å². The second kappa shape index (κ2) is 5.40. The first-order valence-corrected chi connectivity index (χ1v) is 8.02. The van der Waals surface area contributed by atoms with Gasteiger partial charge in [-0.05, 0) is 35.6 Å². The van der Waals surface area contributed by atoms with Crippen molar-refractivity contribution in [1.82, 2.24) is 4.72 Å². The number of benzene rings is 1. The molecule has 0 amide bonds. The molecular formula is C12H12ClNO2S2. The van der Waals surface area contributed by atoms with Gasteiger partial charge in [0.2, 0.25) is 10.0 Å². The third-order valence-corrected chi connectivity index (χ3v) is 5.70. The molecule has 0 aliphatic carbocycles. The van der Waals surface area contributed by atoms with E-state index in [4.69, 9.17) is 11.6 Å². The molecule has 0 unspecified atom stereocenters. The normalized spacial score (nSPS) is 11.7. The van der Waals surface area contributed by atoms with Crippen molar-refractivity contribution in [2.75, 3.05) is 0 Å². The highest BCUT2D eigenvalue weighted by atomic mass is 35.5. The molecule has 18 heavy (non-hydrogen) atoms. The summed E-state index contributed by atoms with van der Waals surface area (Å²) in [5.41, 5.74) is 1.77. The zero-order valence-electron chi connectivity index (χ0n) is 9.68. The third-order valence-electron chi connectivity index (χ3n) is 2.55. The monoisotopic (exact) mass is 301 g/mol. The third kappa shape index (κ3) is 2.92. The average molecular weight is 302 g/mol. The van der Waals surface area contributed by atoms with Gasteiger partial charge in [-0.2, -0.15) is 0 Å². The summed E-state index contributed by atoms with van der Waals surface area (Å²) in [4.78, 5) is 0. The molecule has 1 N–H and O–H groups in total. The fraction of sp³-hybridized carbons (Fsp3) is 0.167. The fourth-order valence-corrected chi connectivity index (χ4v) is 3.87. The molecule has 0 spiro atoms. The molecule has 1 heterocycles. The van der Waals surface area contributed by atoms with E-state index < -0.39 is 10.0 Å². The van der Waals surface area contributed by atoms with Gasteiger partial charge < -0.3 is 0 Å². The van der Waals surface area contributed by atoms with Crippen LogP contribution in [0.25, 0.3) is 0 Å². The smallest absolute Gasteiger partial charge is 0.206 e. The molecule has 2 rings (SSSR count). The van der Waals surface area contributed by atoms with Crippen LogP contribution in [0, 0.1) is 6.92 Å². The first-order chi connectivity index (χ1) is 8.50. The lowest BCUT2D eigenvalue weighted by molar-refractivity contribution is 0.583. The molecule has 0 bridgehead atoms. The highest BCUT2D eigenvalue weighted by molar-refractivity contribution is 7.91. The first kappa shape index (κ1) is 13.5. The molecule has 0 aliphatic rings. The minimum atomic E-state index is -3.44. The van der Waals surface area contributed by atoms with E-state index in [9.17, 15) is 8.42 Å². The zero-order valence-corrected chi connectivity index (χ0v) is 12.1. The van der Waals surface area contributed by atoms with Gasteiger partial charge in [-0.3, -0.25) is 0 Å². The summed E-state index contributed by atoms with van der Waals surface area (Å²) in [5.74, 6) is 0. The van der Waals surface area contributed by atoms with E-state index in [0.717, 1.165) is 11.1 Å². The largest absolute Gasteiger partial charge is 0.250 e. The number of thiophene rings is 1.